The maximum Gasteiger partial charge on any atom is 0.140 e. The van der Waals surface area contributed by atoms with Crippen LogP contribution in [0.15, 0.2) is 12.1 Å². The molecule has 0 radical (unpaired) electrons. The van der Waals surface area contributed by atoms with Crippen molar-refractivity contribution in [2.24, 2.45) is 0 Å². The number of halogens is 1. The van der Waals surface area contributed by atoms with Crippen molar-refractivity contribution >= 4 is 22.5 Å². The Morgan fingerprint density at radius 3 is 2.50 bits per heavy atom. The van der Waals surface area contributed by atoms with E-state index in [1.807, 2.05) is 19.1 Å². The van der Waals surface area contributed by atoms with Crippen LogP contribution in [-0.2, 0) is 10.3 Å². The predicted molar refractivity (Wildman–Crippen MR) is 78.4 cm³/mol. The first-order valence-electron chi connectivity index (χ1n) is 6.67. The van der Waals surface area contributed by atoms with E-state index in [-0.39, 0.29) is 5.60 Å². The zero-order valence-electron chi connectivity index (χ0n) is 11.9. The molecule has 2 aromatic rings. The lowest BCUT2D eigenvalue weighted by Gasteiger charge is -2.41. The Kier molecular flexibility index (Phi) is 3.30. The zero-order chi connectivity index (χ0) is 14.3. The van der Waals surface area contributed by atoms with E-state index in [2.05, 4.69) is 9.97 Å². The average Bonchev–Trinajstić information content (AvgIpc) is 2.37. The van der Waals surface area contributed by atoms with E-state index in [0.717, 1.165) is 41.5 Å². The highest BCUT2D eigenvalue weighted by atomic mass is 35.5. The van der Waals surface area contributed by atoms with Gasteiger partial charge in [-0.3, -0.25) is 0 Å². The fraction of sp³-hybridized carbons (Fsp3) is 0.467. The molecular formula is C15H17ClN2O2. The summed E-state index contributed by atoms with van der Waals surface area (Å²) in [5.74, 6) is 1.45. The van der Waals surface area contributed by atoms with Crippen molar-refractivity contribution in [2.75, 3.05) is 14.2 Å². The lowest BCUT2D eigenvalue weighted by Crippen LogP contribution is -2.36. The summed E-state index contributed by atoms with van der Waals surface area (Å²) in [5, 5.41) is 1.32. The Balaban J connectivity index is 2.26. The van der Waals surface area contributed by atoms with Gasteiger partial charge in [-0.15, -0.1) is 0 Å². The quantitative estimate of drug-likeness (QED) is 0.810. The van der Waals surface area contributed by atoms with Gasteiger partial charge in [-0.05, 0) is 32.3 Å². The molecule has 0 N–H and O–H groups in total. The summed E-state index contributed by atoms with van der Waals surface area (Å²) in [6.07, 6.45) is 3.15. The van der Waals surface area contributed by atoms with Crippen molar-refractivity contribution in [1.29, 1.82) is 0 Å². The van der Waals surface area contributed by atoms with Gasteiger partial charge in [0, 0.05) is 24.1 Å². The summed E-state index contributed by atoms with van der Waals surface area (Å²) in [4.78, 5) is 8.64. The number of fused-ring (bicyclic) bond motifs is 1. The van der Waals surface area contributed by atoms with Gasteiger partial charge in [0.05, 0.1) is 18.2 Å². The molecular weight excluding hydrogens is 276 g/mol. The van der Waals surface area contributed by atoms with E-state index in [0.29, 0.717) is 11.0 Å². The van der Waals surface area contributed by atoms with Gasteiger partial charge < -0.3 is 9.47 Å². The first-order chi connectivity index (χ1) is 9.59. The largest absolute Gasteiger partial charge is 0.496 e. The van der Waals surface area contributed by atoms with Gasteiger partial charge in [0.15, 0.2) is 0 Å². The van der Waals surface area contributed by atoms with Crippen molar-refractivity contribution in [3.63, 3.8) is 0 Å². The summed E-state index contributed by atoms with van der Waals surface area (Å²) in [7, 11) is 3.42. The number of rotatable bonds is 3. The molecule has 106 valence electrons. The Bertz CT molecular complexity index is 663. The van der Waals surface area contributed by atoms with Crippen LogP contribution in [-0.4, -0.2) is 24.2 Å². The summed E-state index contributed by atoms with van der Waals surface area (Å²) in [5.41, 5.74) is 1.58. The molecule has 3 rings (SSSR count). The molecule has 0 amide bonds. The Morgan fingerprint density at radius 2 is 1.95 bits per heavy atom. The number of aryl methyl sites for hydroxylation is 1. The van der Waals surface area contributed by atoms with Gasteiger partial charge in [0.25, 0.3) is 0 Å². The maximum atomic E-state index is 6.25. The molecule has 20 heavy (non-hydrogen) atoms. The molecule has 1 saturated carbocycles. The van der Waals surface area contributed by atoms with Crippen LogP contribution in [0.3, 0.4) is 0 Å². The predicted octanol–water partition coefficient (Wildman–Crippen LogP) is 3.63. The van der Waals surface area contributed by atoms with Crippen molar-refractivity contribution in [1.82, 2.24) is 9.97 Å². The maximum absolute atomic E-state index is 6.25. The van der Waals surface area contributed by atoms with Crippen LogP contribution in [0.1, 0.15) is 30.7 Å². The minimum Gasteiger partial charge on any atom is -0.496 e. The molecule has 5 heteroatoms. The first kappa shape index (κ1) is 13.6. The standard InChI is InChI=1S/C15H17ClN2O2/c1-9-17-12-8-13(19-2)11(7-10(12)14(16)18-9)15(20-3)5-4-6-15/h7-8H,4-6H2,1-3H3. The zero-order valence-corrected chi connectivity index (χ0v) is 12.6. The monoisotopic (exact) mass is 292 g/mol. The molecule has 1 aliphatic carbocycles. The van der Waals surface area contributed by atoms with Gasteiger partial charge in [-0.1, -0.05) is 11.6 Å². The van der Waals surface area contributed by atoms with E-state index in [9.17, 15) is 0 Å². The van der Waals surface area contributed by atoms with E-state index >= 15 is 0 Å². The van der Waals surface area contributed by atoms with Crippen LogP contribution in [0.4, 0.5) is 0 Å². The molecule has 1 heterocycles. The van der Waals surface area contributed by atoms with Gasteiger partial charge >= 0.3 is 0 Å². The number of hydrogen-bond acceptors (Lipinski definition) is 4. The molecule has 4 nitrogen and oxygen atoms in total. The molecule has 0 atom stereocenters. The lowest BCUT2D eigenvalue weighted by molar-refractivity contribution is -0.0790. The lowest BCUT2D eigenvalue weighted by atomic mass is 9.74. The van der Waals surface area contributed by atoms with Gasteiger partial charge in [-0.2, -0.15) is 0 Å². The molecule has 1 aromatic carbocycles. The van der Waals surface area contributed by atoms with Crippen LogP contribution in [0.5, 0.6) is 5.75 Å². The topological polar surface area (TPSA) is 44.2 Å². The second-order valence-electron chi connectivity index (χ2n) is 5.18. The fourth-order valence-corrected chi connectivity index (χ4v) is 3.11. The Hall–Kier alpha value is -1.39. The summed E-state index contributed by atoms with van der Waals surface area (Å²) in [6, 6.07) is 3.93. The van der Waals surface area contributed by atoms with E-state index in [1.54, 1.807) is 14.2 Å². The van der Waals surface area contributed by atoms with Crippen LogP contribution in [0, 0.1) is 6.92 Å². The minimum absolute atomic E-state index is 0.256. The second-order valence-corrected chi connectivity index (χ2v) is 5.54. The third kappa shape index (κ3) is 1.95. The van der Waals surface area contributed by atoms with Gasteiger partial charge in [-0.25, -0.2) is 9.97 Å². The van der Waals surface area contributed by atoms with Crippen molar-refractivity contribution in [3.8, 4) is 5.75 Å². The molecule has 0 unspecified atom stereocenters. The van der Waals surface area contributed by atoms with Gasteiger partial charge in [0.1, 0.15) is 16.7 Å². The molecule has 0 bridgehead atoms. The number of methoxy groups -OCH3 is 2. The van der Waals surface area contributed by atoms with Crippen LogP contribution in [0.25, 0.3) is 10.9 Å². The Labute approximate surface area is 123 Å². The minimum atomic E-state index is -0.256. The number of benzene rings is 1. The third-order valence-corrected chi connectivity index (χ3v) is 4.41. The number of hydrogen-bond donors (Lipinski definition) is 0. The second kappa shape index (κ2) is 4.86. The van der Waals surface area contributed by atoms with Gasteiger partial charge in [0.2, 0.25) is 0 Å². The highest BCUT2D eigenvalue weighted by Gasteiger charge is 2.41. The summed E-state index contributed by atoms with van der Waals surface area (Å²) < 4.78 is 11.3. The van der Waals surface area contributed by atoms with Crippen molar-refractivity contribution < 1.29 is 9.47 Å². The van der Waals surface area contributed by atoms with E-state index < -0.39 is 0 Å². The summed E-state index contributed by atoms with van der Waals surface area (Å²) in [6.45, 7) is 1.83. The smallest absolute Gasteiger partial charge is 0.140 e. The Morgan fingerprint density at radius 1 is 1.20 bits per heavy atom. The average molecular weight is 293 g/mol. The molecule has 0 aliphatic heterocycles. The SMILES string of the molecule is COc1cc2nc(C)nc(Cl)c2cc1C1(OC)CCC1. The highest BCUT2D eigenvalue weighted by molar-refractivity contribution is 6.34. The number of nitrogens with zero attached hydrogens (tertiary/aromatic N) is 2. The normalized spacial score (nSPS) is 17.0. The number of aromatic nitrogens is 2. The van der Waals surface area contributed by atoms with E-state index in [4.69, 9.17) is 21.1 Å². The molecule has 0 saturated heterocycles. The van der Waals surface area contributed by atoms with Crippen molar-refractivity contribution in [3.05, 3.63) is 28.7 Å². The number of ether oxygens (including phenoxy) is 2. The first-order valence-corrected chi connectivity index (χ1v) is 7.05. The highest BCUT2D eigenvalue weighted by Crippen LogP contribution is 2.48. The van der Waals surface area contributed by atoms with Crippen LogP contribution < -0.4 is 4.74 Å². The fourth-order valence-electron chi connectivity index (χ4n) is 2.83. The molecule has 1 fully saturated rings. The summed E-state index contributed by atoms with van der Waals surface area (Å²) >= 11 is 6.25. The van der Waals surface area contributed by atoms with E-state index in [1.165, 1.54) is 0 Å². The molecule has 1 aromatic heterocycles. The third-order valence-electron chi connectivity index (χ3n) is 4.13. The molecule has 1 aliphatic rings. The van der Waals surface area contributed by atoms with Crippen LogP contribution >= 0.6 is 11.6 Å². The van der Waals surface area contributed by atoms with Crippen LogP contribution in [0.2, 0.25) is 5.15 Å². The van der Waals surface area contributed by atoms with Crippen molar-refractivity contribution in [2.45, 2.75) is 31.8 Å². The molecule has 0 spiro atoms.